The molecule has 7 nitrogen and oxygen atoms in total. The van der Waals surface area contributed by atoms with Gasteiger partial charge in [-0.05, 0) is 69.9 Å². The van der Waals surface area contributed by atoms with E-state index in [9.17, 15) is 14.4 Å². The van der Waals surface area contributed by atoms with E-state index >= 15 is 0 Å². The second kappa shape index (κ2) is 9.92. The summed E-state index contributed by atoms with van der Waals surface area (Å²) in [5.41, 5.74) is 4.93. The van der Waals surface area contributed by atoms with E-state index < -0.39 is 5.97 Å². The number of nitrogens with zero attached hydrogens (tertiary/aromatic N) is 1. The second-order valence-electron chi connectivity index (χ2n) is 8.10. The van der Waals surface area contributed by atoms with E-state index in [0.717, 1.165) is 48.5 Å². The van der Waals surface area contributed by atoms with E-state index in [2.05, 4.69) is 9.88 Å². The van der Waals surface area contributed by atoms with Gasteiger partial charge in [-0.15, -0.1) is 0 Å². The van der Waals surface area contributed by atoms with E-state index in [0.29, 0.717) is 11.1 Å². The molecule has 2 aromatic rings. The zero-order valence-electron chi connectivity index (χ0n) is 18.6. The molecule has 31 heavy (non-hydrogen) atoms. The quantitative estimate of drug-likeness (QED) is 0.518. The van der Waals surface area contributed by atoms with Crippen molar-refractivity contribution in [3.05, 3.63) is 57.9 Å². The van der Waals surface area contributed by atoms with Crippen LogP contribution in [0.1, 0.15) is 56.1 Å². The summed E-state index contributed by atoms with van der Waals surface area (Å²) in [5, 5.41) is 2.53. The molecular formula is C24H30N2O5. The number of hydrogen-bond acceptors (Lipinski definition) is 5. The van der Waals surface area contributed by atoms with Crippen LogP contribution in [0.3, 0.4) is 0 Å². The molecule has 0 saturated carbocycles. The Labute approximate surface area is 182 Å². The van der Waals surface area contributed by atoms with Crippen molar-refractivity contribution in [1.82, 2.24) is 9.88 Å². The van der Waals surface area contributed by atoms with E-state index in [1.807, 2.05) is 39.8 Å². The van der Waals surface area contributed by atoms with Crippen LogP contribution in [0.15, 0.2) is 24.3 Å². The minimum absolute atomic E-state index is 0.173. The van der Waals surface area contributed by atoms with Gasteiger partial charge in [0.2, 0.25) is 5.78 Å². The zero-order chi connectivity index (χ0) is 22.5. The number of Topliss-reactive ketones (excluding diaryl/α,β-unsaturated/α-hetero) is 1. The number of carbonyl (C=O) groups is 3. The molecule has 1 aliphatic heterocycles. The largest absolute Gasteiger partial charge is 0.456 e. The lowest BCUT2D eigenvalue weighted by Gasteiger charge is -2.14. The fourth-order valence-corrected chi connectivity index (χ4v) is 3.77. The van der Waals surface area contributed by atoms with E-state index in [1.54, 1.807) is 12.1 Å². The van der Waals surface area contributed by atoms with E-state index in [1.165, 1.54) is 0 Å². The number of aromatic nitrogens is 1. The van der Waals surface area contributed by atoms with Crippen LogP contribution in [-0.2, 0) is 20.8 Å². The maximum Gasteiger partial charge on any atom is 0.325 e. The minimum Gasteiger partial charge on any atom is -0.456 e. The molecule has 1 N–H and O–H groups in total. The lowest BCUT2D eigenvalue weighted by Crippen LogP contribution is -2.31. The number of amides is 1. The molecule has 1 aliphatic rings. The summed E-state index contributed by atoms with van der Waals surface area (Å²) in [6.07, 6.45) is 2.25. The molecule has 1 aromatic carbocycles. The highest BCUT2D eigenvalue weighted by Crippen LogP contribution is 2.20. The summed E-state index contributed by atoms with van der Waals surface area (Å²) in [6, 6.07) is 7.16. The number of hydrogen-bond donors (Lipinski definition) is 1. The molecule has 0 bridgehead atoms. The van der Waals surface area contributed by atoms with Gasteiger partial charge in [-0.2, -0.15) is 0 Å². The summed E-state index contributed by atoms with van der Waals surface area (Å²) in [5.74, 6) is -1.27. The SMILES string of the molecule is Cc1ccc(C(=O)NCC(=O)OCC(=O)c2cc(C)n(C[C@H]3CCCO3)c2C)cc1C. The molecule has 1 saturated heterocycles. The van der Waals surface area contributed by atoms with Crippen molar-refractivity contribution >= 4 is 17.7 Å². The van der Waals surface area contributed by atoms with Crippen molar-refractivity contribution in [1.29, 1.82) is 0 Å². The van der Waals surface area contributed by atoms with Crippen LogP contribution in [0.4, 0.5) is 0 Å². The Balaban J connectivity index is 1.50. The molecule has 0 unspecified atom stereocenters. The fourth-order valence-electron chi connectivity index (χ4n) is 3.77. The molecule has 1 fully saturated rings. The Morgan fingerprint density at radius 1 is 1.13 bits per heavy atom. The lowest BCUT2D eigenvalue weighted by molar-refractivity contribution is -0.141. The van der Waals surface area contributed by atoms with E-state index in [4.69, 9.17) is 9.47 Å². The van der Waals surface area contributed by atoms with Gasteiger partial charge in [0.05, 0.1) is 6.10 Å². The number of rotatable bonds is 8. The first-order chi connectivity index (χ1) is 14.8. The third-order valence-corrected chi connectivity index (χ3v) is 5.81. The Morgan fingerprint density at radius 3 is 2.58 bits per heavy atom. The molecule has 1 amide bonds. The van der Waals surface area contributed by atoms with E-state index in [-0.39, 0.29) is 30.9 Å². The van der Waals surface area contributed by atoms with Gasteiger partial charge in [0.15, 0.2) is 6.61 Å². The Morgan fingerprint density at radius 2 is 1.90 bits per heavy atom. The van der Waals surface area contributed by atoms with Crippen LogP contribution in [0, 0.1) is 27.7 Å². The predicted octanol–water partition coefficient (Wildman–Crippen LogP) is 3.06. The van der Waals surface area contributed by atoms with Crippen molar-refractivity contribution in [2.75, 3.05) is 19.8 Å². The molecule has 2 heterocycles. The monoisotopic (exact) mass is 426 g/mol. The average molecular weight is 427 g/mol. The van der Waals surface area contributed by atoms with Gasteiger partial charge in [0.1, 0.15) is 6.54 Å². The number of ether oxygens (including phenoxy) is 2. The second-order valence-corrected chi connectivity index (χ2v) is 8.10. The summed E-state index contributed by atoms with van der Waals surface area (Å²) in [4.78, 5) is 36.8. The van der Waals surface area contributed by atoms with Gasteiger partial charge >= 0.3 is 5.97 Å². The van der Waals surface area contributed by atoms with Crippen LogP contribution in [0.5, 0.6) is 0 Å². The highest BCUT2D eigenvalue weighted by molar-refractivity contribution is 6.00. The number of benzene rings is 1. The predicted molar refractivity (Wildman–Crippen MR) is 116 cm³/mol. The summed E-state index contributed by atoms with van der Waals surface area (Å²) in [6.45, 7) is 8.57. The fraction of sp³-hybridized carbons (Fsp3) is 0.458. The molecule has 7 heteroatoms. The van der Waals surface area contributed by atoms with Gasteiger partial charge in [-0.3, -0.25) is 14.4 Å². The van der Waals surface area contributed by atoms with Crippen molar-refractivity contribution in [3.63, 3.8) is 0 Å². The highest BCUT2D eigenvalue weighted by Gasteiger charge is 2.21. The van der Waals surface area contributed by atoms with Crippen LogP contribution >= 0.6 is 0 Å². The van der Waals surface area contributed by atoms with Gasteiger partial charge in [-0.25, -0.2) is 0 Å². The summed E-state index contributed by atoms with van der Waals surface area (Å²) >= 11 is 0. The van der Waals surface area contributed by atoms with Gasteiger partial charge in [0, 0.05) is 35.7 Å². The van der Waals surface area contributed by atoms with Crippen LogP contribution < -0.4 is 5.32 Å². The molecule has 1 aromatic heterocycles. The van der Waals surface area contributed by atoms with Crippen molar-refractivity contribution in [3.8, 4) is 0 Å². The molecular weight excluding hydrogens is 396 g/mol. The highest BCUT2D eigenvalue weighted by atomic mass is 16.5. The number of carbonyl (C=O) groups excluding carboxylic acids is 3. The third-order valence-electron chi connectivity index (χ3n) is 5.81. The molecule has 0 aliphatic carbocycles. The summed E-state index contributed by atoms with van der Waals surface area (Å²) < 4.78 is 12.9. The molecule has 166 valence electrons. The third kappa shape index (κ3) is 5.61. The van der Waals surface area contributed by atoms with Gasteiger partial charge < -0.3 is 19.4 Å². The zero-order valence-corrected chi connectivity index (χ0v) is 18.6. The first kappa shape index (κ1) is 22.7. The summed E-state index contributed by atoms with van der Waals surface area (Å²) in [7, 11) is 0. The first-order valence-electron chi connectivity index (χ1n) is 10.6. The Kier molecular flexibility index (Phi) is 7.28. The number of ketones is 1. The molecule has 0 radical (unpaired) electrons. The van der Waals surface area contributed by atoms with Crippen molar-refractivity contribution in [2.45, 2.75) is 53.2 Å². The number of esters is 1. The average Bonchev–Trinajstić information content (AvgIpc) is 3.36. The number of nitrogens with one attached hydrogen (secondary N) is 1. The Hall–Kier alpha value is -2.93. The van der Waals surface area contributed by atoms with Gasteiger partial charge in [-0.1, -0.05) is 6.07 Å². The van der Waals surface area contributed by atoms with Crippen molar-refractivity contribution < 1.29 is 23.9 Å². The number of aryl methyl sites for hydroxylation is 3. The normalized spacial score (nSPS) is 15.7. The smallest absolute Gasteiger partial charge is 0.325 e. The molecule has 1 atom stereocenters. The van der Waals surface area contributed by atoms with Gasteiger partial charge in [0.25, 0.3) is 5.91 Å². The maximum absolute atomic E-state index is 12.6. The molecule has 0 spiro atoms. The van der Waals surface area contributed by atoms with Crippen LogP contribution in [0.25, 0.3) is 0 Å². The first-order valence-corrected chi connectivity index (χ1v) is 10.6. The van der Waals surface area contributed by atoms with Crippen molar-refractivity contribution in [2.24, 2.45) is 0 Å². The topological polar surface area (TPSA) is 86.6 Å². The van der Waals surface area contributed by atoms with Crippen LogP contribution in [0.2, 0.25) is 0 Å². The lowest BCUT2D eigenvalue weighted by atomic mass is 10.1. The Bertz CT molecular complexity index is 986. The molecule has 3 rings (SSSR count). The maximum atomic E-state index is 12.6. The standard InChI is InChI=1S/C24H30N2O5/c1-15-7-8-19(10-16(15)2)24(29)25-12-23(28)31-14-22(27)21-11-17(3)26(18(21)4)13-20-6-5-9-30-20/h7-8,10-11,20H,5-6,9,12-14H2,1-4H3,(H,25,29)/t20-/m1/s1. The van der Waals surface area contributed by atoms with Crippen LogP contribution in [-0.4, -0.2) is 48.1 Å². The minimum atomic E-state index is -0.654.